The van der Waals surface area contributed by atoms with E-state index in [1.165, 1.54) is 0 Å². The number of urea groups is 1. The molecule has 7 nitrogen and oxygen atoms in total. The standard InChI is InChI=1S/C13H20N4O3/c1-2-10(12-14-5-6-15-12)16-13(20)17-7-3-4-9(17)8-11(18)19/h5-6,9-10H,2-4,7-8H2,1H3,(H,14,15)(H,16,20)(H,18,19). The first-order valence-electron chi connectivity index (χ1n) is 6.90. The van der Waals surface area contributed by atoms with Gasteiger partial charge in [0.1, 0.15) is 5.82 Å². The number of carboxylic acid groups (broad SMARTS) is 1. The summed E-state index contributed by atoms with van der Waals surface area (Å²) >= 11 is 0. The lowest BCUT2D eigenvalue weighted by molar-refractivity contribution is -0.137. The number of aliphatic carboxylic acids is 1. The van der Waals surface area contributed by atoms with Gasteiger partial charge in [-0.15, -0.1) is 0 Å². The number of amides is 2. The fraction of sp³-hybridized carbons (Fsp3) is 0.615. The van der Waals surface area contributed by atoms with Gasteiger partial charge in [0.15, 0.2) is 0 Å². The molecule has 2 rings (SSSR count). The van der Waals surface area contributed by atoms with Gasteiger partial charge in [0.05, 0.1) is 12.5 Å². The number of hydrogen-bond acceptors (Lipinski definition) is 3. The fourth-order valence-corrected chi connectivity index (χ4v) is 2.58. The number of nitrogens with zero attached hydrogens (tertiary/aromatic N) is 2. The molecule has 0 aliphatic carbocycles. The second-order valence-corrected chi connectivity index (χ2v) is 4.97. The Kier molecular flexibility index (Phi) is 4.60. The zero-order valence-electron chi connectivity index (χ0n) is 11.5. The number of nitrogens with one attached hydrogen (secondary N) is 2. The van der Waals surface area contributed by atoms with E-state index in [-0.39, 0.29) is 24.5 Å². The molecule has 1 aromatic rings. The number of aromatic nitrogens is 2. The normalized spacial score (nSPS) is 19.9. The van der Waals surface area contributed by atoms with Gasteiger partial charge >= 0.3 is 12.0 Å². The van der Waals surface area contributed by atoms with Crippen molar-refractivity contribution < 1.29 is 14.7 Å². The van der Waals surface area contributed by atoms with Gasteiger partial charge in [-0.1, -0.05) is 6.92 Å². The van der Waals surface area contributed by atoms with Crippen molar-refractivity contribution in [1.29, 1.82) is 0 Å². The van der Waals surface area contributed by atoms with Crippen LogP contribution in [0.15, 0.2) is 12.4 Å². The highest BCUT2D eigenvalue weighted by atomic mass is 16.4. The maximum absolute atomic E-state index is 12.3. The third-order valence-electron chi connectivity index (χ3n) is 3.60. The van der Waals surface area contributed by atoms with Crippen LogP contribution in [0.2, 0.25) is 0 Å². The molecule has 0 aromatic carbocycles. The lowest BCUT2D eigenvalue weighted by Crippen LogP contribution is -2.44. The fourth-order valence-electron chi connectivity index (χ4n) is 2.58. The van der Waals surface area contributed by atoms with E-state index in [2.05, 4.69) is 15.3 Å². The zero-order valence-corrected chi connectivity index (χ0v) is 11.5. The van der Waals surface area contributed by atoms with Crippen molar-refractivity contribution >= 4 is 12.0 Å². The van der Waals surface area contributed by atoms with Gasteiger partial charge in [-0.2, -0.15) is 0 Å². The molecule has 1 aromatic heterocycles. The van der Waals surface area contributed by atoms with Gasteiger partial charge in [-0.3, -0.25) is 4.79 Å². The molecule has 20 heavy (non-hydrogen) atoms. The van der Waals surface area contributed by atoms with Crippen LogP contribution in [0.1, 0.15) is 44.5 Å². The molecule has 0 bridgehead atoms. The largest absolute Gasteiger partial charge is 0.481 e. The minimum absolute atomic E-state index is 0.00492. The molecule has 0 saturated carbocycles. The van der Waals surface area contributed by atoms with Crippen molar-refractivity contribution in [3.05, 3.63) is 18.2 Å². The van der Waals surface area contributed by atoms with Gasteiger partial charge in [-0.05, 0) is 19.3 Å². The van der Waals surface area contributed by atoms with E-state index in [4.69, 9.17) is 5.11 Å². The van der Waals surface area contributed by atoms with Crippen LogP contribution in [-0.4, -0.2) is 44.6 Å². The van der Waals surface area contributed by atoms with Gasteiger partial charge in [0, 0.05) is 25.0 Å². The molecule has 2 amide bonds. The Balaban J connectivity index is 1.98. The third kappa shape index (κ3) is 3.28. The number of carboxylic acids is 1. The lowest BCUT2D eigenvalue weighted by Gasteiger charge is -2.26. The molecular formula is C13H20N4O3. The van der Waals surface area contributed by atoms with Gasteiger partial charge in [-0.25, -0.2) is 9.78 Å². The maximum Gasteiger partial charge on any atom is 0.318 e. The van der Waals surface area contributed by atoms with Crippen LogP contribution in [0.4, 0.5) is 4.79 Å². The summed E-state index contributed by atoms with van der Waals surface area (Å²) in [7, 11) is 0. The van der Waals surface area contributed by atoms with Crippen molar-refractivity contribution in [2.75, 3.05) is 6.54 Å². The van der Waals surface area contributed by atoms with Crippen molar-refractivity contribution in [3.63, 3.8) is 0 Å². The zero-order chi connectivity index (χ0) is 14.5. The molecular weight excluding hydrogens is 260 g/mol. The summed E-state index contributed by atoms with van der Waals surface area (Å²) in [6.07, 6.45) is 5.68. The molecule has 2 atom stereocenters. The van der Waals surface area contributed by atoms with Crippen molar-refractivity contribution in [1.82, 2.24) is 20.2 Å². The molecule has 1 aliphatic heterocycles. The van der Waals surface area contributed by atoms with Crippen molar-refractivity contribution in [2.24, 2.45) is 0 Å². The van der Waals surface area contributed by atoms with E-state index in [0.717, 1.165) is 25.1 Å². The highest BCUT2D eigenvalue weighted by Crippen LogP contribution is 2.21. The number of rotatable bonds is 5. The van der Waals surface area contributed by atoms with E-state index >= 15 is 0 Å². The Labute approximate surface area is 117 Å². The number of carbonyl (C=O) groups excluding carboxylic acids is 1. The Morgan fingerprint density at radius 2 is 2.45 bits per heavy atom. The maximum atomic E-state index is 12.3. The SMILES string of the molecule is CCC(NC(=O)N1CCCC1CC(=O)O)c1ncc[nH]1. The summed E-state index contributed by atoms with van der Waals surface area (Å²) in [5.74, 6) is -0.150. The molecule has 2 unspecified atom stereocenters. The second-order valence-electron chi connectivity index (χ2n) is 4.97. The Bertz CT molecular complexity index is 460. The van der Waals surface area contributed by atoms with E-state index in [0.29, 0.717) is 6.54 Å². The number of likely N-dealkylation sites (tertiary alicyclic amines) is 1. The lowest BCUT2D eigenvalue weighted by atomic mass is 10.1. The predicted octanol–water partition coefficient (Wildman–Crippen LogP) is 1.51. The van der Waals surface area contributed by atoms with Crippen LogP contribution in [0.25, 0.3) is 0 Å². The number of carbonyl (C=O) groups is 2. The monoisotopic (exact) mass is 280 g/mol. The first-order chi connectivity index (χ1) is 9.61. The van der Waals surface area contributed by atoms with E-state index < -0.39 is 5.97 Å². The van der Waals surface area contributed by atoms with Crippen molar-refractivity contribution in [3.8, 4) is 0 Å². The average molecular weight is 280 g/mol. The average Bonchev–Trinajstić information content (AvgIpc) is 3.05. The Morgan fingerprint density at radius 1 is 1.65 bits per heavy atom. The highest BCUT2D eigenvalue weighted by molar-refractivity contribution is 5.76. The van der Waals surface area contributed by atoms with Crippen LogP contribution < -0.4 is 5.32 Å². The van der Waals surface area contributed by atoms with Crippen LogP contribution in [-0.2, 0) is 4.79 Å². The van der Waals surface area contributed by atoms with E-state index in [1.807, 2.05) is 6.92 Å². The molecule has 0 radical (unpaired) electrons. The molecule has 7 heteroatoms. The third-order valence-corrected chi connectivity index (χ3v) is 3.60. The summed E-state index contributed by atoms with van der Waals surface area (Å²) in [4.78, 5) is 31.9. The minimum atomic E-state index is -0.868. The molecule has 1 aliphatic rings. The predicted molar refractivity (Wildman–Crippen MR) is 72.1 cm³/mol. The molecule has 2 heterocycles. The van der Waals surface area contributed by atoms with E-state index in [9.17, 15) is 9.59 Å². The summed E-state index contributed by atoms with van der Waals surface area (Å²) < 4.78 is 0. The first-order valence-corrected chi connectivity index (χ1v) is 6.90. The smallest absolute Gasteiger partial charge is 0.318 e. The summed E-state index contributed by atoms with van der Waals surface area (Å²) in [5, 5.41) is 11.8. The number of H-pyrrole nitrogens is 1. The number of hydrogen-bond donors (Lipinski definition) is 3. The molecule has 1 fully saturated rings. The van der Waals surface area contributed by atoms with E-state index in [1.54, 1.807) is 17.3 Å². The molecule has 3 N–H and O–H groups in total. The van der Waals surface area contributed by atoms with Gasteiger partial charge in [0.2, 0.25) is 0 Å². The van der Waals surface area contributed by atoms with Crippen LogP contribution in [0, 0.1) is 0 Å². The molecule has 1 saturated heterocycles. The summed E-state index contributed by atoms with van der Waals surface area (Å²) in [6, 6.07) is -0.595. The first kappa shape index (κ1) is 14.4. The van der Waals surface area contributed by atoms with Crippen molar-refractivity contribution in [2.45, 2.75) is 44.7 Å². The van der Waals surface area contributed by atoms with Crippen LogP contribution in [0.5, 0.6) is 0 Å². The molecule has 110 valence electrons. The summed E-state index contributed by atoms with van der Waals surface area (Å²) in [5.41, 5.74) is 0. The Morgan fingerprint density at radius 3 is 3.05 bits per heavy atom. The number of imidazole rings is 1. The highest BCUT2D eigenvalue weighted by Gasteiger charge is 2.31. The molecule has 0 spiro atoms. The van der Waals surface area contributed by atoms with Crippen LogP contribution >= 0.6 is 0 Å². The minimum Gasteiger partial charge on any atom is -0.481 e. The van der Waals surface area contributed by atoms with Crippen LogP contribution in [0.3, 0.4) is 0 Å². The second kappa shape index (κ2) is 6.40. The topological polar surface area (TPSA) is 98.3 Å². The van der Waals surface area contributed by atoms with Gasteiger partial charge in [0.25, 0.3) is 0 Å². The quantitative estimate of drug-likeness (QED) is 0.761. The Hall–Kier alpha value is -2.05. The number of aromatic amines is 1. The van der Waals surface area contributed by atoms with Gasteiger partial charge < -0.3 is 20.3 Å². The summed E-state index contributed by atoms with van der Waals surface area (Å²) in [6.45, 7) is 2.57.